The number of carbonyl (C=O) groups excluding carboxylic acids is 1. The summed E-state index contributed by atoms with van der Waals surface area (Å²) in [5.41, 5.74) is 1.68. The van der Waals surface area contributed by atoms with Crippen LogP contribution in [-0.4, -0.2) is 38.3 Å². The summed E-state index contributed by atoms with van der Waals surface area (Å²) in [5.74, 6) is -0.00432. The molecule has 5 nitrogen and oxygen atoms in total. The van der Waals surface area contributed by atoms with E-state index in [1.807, 2.05) is 37.3 Å². The van der Waals surface area contributed by atoms with Crippen LogP contribution in [0.1, 0.15) is 31.7 Å². The Kier molecular flexibility index (Phi) is 6.29. The summed E-state index contributed by atoms with van der Waals surface area (Å²) in [6.45, 7) is 3.71. The van der Waals surface area contributed by atoms with Crippen molar-refractivity contribution in [3.63, 3.8) is 0 Å². The van der Waals surface area contributed by atoms with Crippen LogP contribution >= 0.6 is 0 Å². The van der Waals surface area contributed by atoms with Crippen LogP contribution in [0.2, 0.25) is 0 Å². The van der Waals surface area contributed by atoms with Crippen LogP contribution < -0.4 is 4.90 Å². The lowest BCUT2D eigenvalue weighted by molar-refractivity contribution is -0.117. The van der Waals surface area contributed by atoms with E-state index in [0.717, 1.165) is 30.5 Å². The molecule has 1 heterocycles. The van der Waals surface area contributed by atoms with E-state index in [2.05, 4.69) is 0 Å². The van der Waals surface area contributed by atoms with Crippen molar-refractivity contribution in [3.05, 3.63) is 60.2 Å². The zero-order chi connectivity index (χ0) is 19.3. The SMILES string of the molecule is CCN(C(=O)Cc1ccc(S(=O)(=O)N2CCCCC2)cc1)c1ccccc1. The Balaban J connectivity index is 1.71. The lowest BCUT2D eigenvalue weighted by Gasteiger charge is -2.26. The summed E-state index contributed by atoms with van der Waals surface area (Å²) in [5, 5.41) is 0. The molecule has 0 aliphatic carbocycles. The molecule has 1 saturated heterocycles. The van der Waals surface area contributed by atoms with Gasteiger partial charge < -0.3 is 4.90 Å². The van der Waals surface area contributed by atoms with E-state index >= 15 is 0 Å². The van der Waals surface area contributed by atoms with Crippen molar-refractivity contribution in [2.24, 2.45) is 0 Å². The van der Waals surface area contributed by atoms with Gasteiger partial charge in [0.15, 0.2) is 0 Å². The van der Waals surface area contributed by atoms with Gasteiger partial charge in [-0.05, 0) is 49.6 Å². The fraction of sp³-hybridized carbons (Fsp3) is 0.381. The monoisotopic (exact) mass is 386 g/mol. The molecule has 27 heavy (non-hydrogen) atoms. The molecule has 0 spiro atoms. The van der Waals surface area contributed by atoms with Crippen LogP contribution in [0.3, 0.4) is 0 Å². The average Bonchev–Trinajstić information content (AvgIpc) is 2.70. The van der Waals surface area contributed by atoms with Gasteiger partial charge in [-0.3, -0.25) is 4.79 Å². The zero-order valence-corrected chi connectivity index (χ0v) is 16.5. The number of amides is 1. The molecule has 2 aromatic rings. The summed E-state index contributed by atoms with van der Waals surface area (Å²) in [6.07, 6.45) is 3.16. The van der Waals surface area contributed by atoms with E-state index in [-0.39, 0.29) is 12.3 Å². The maximum absolute atomic E-state index is 12.7. The first-order chi connectivity index (χ1) is 13.0. The molecular formula is C21H26N2O3S. The van der Waals surface area contributed by atoms with Gasteiger partial charge in [0.05, 0.1) is 11.3 Å². The maximum Gasteiger partial charge on any atom is 0.243 e. The predicted octanol–water partition coefficient (Wildman–Crippen LogP) is 3.46. The lowest BCUT2D eigenvalue weighted by Crippen LogP contribution is -2.35. The highest BCUT2D eigenvalue weighted by Crippen LogP contribution is 2.21. The molecule has 0 N–H and O–H groups in total. The molecule has 3 rings (SSSR count). The minimum atomic E-state index is -3.43. The van der Waals surface area contributed by atoms with Crippen molar-refractivity contribution in [2.75, 3.05) is 24.5 Å². The molecule has 0 atom stereocenters. The second kappa shape index (κ2) is 8.67. The Morgan fingerprint density at radius 2 is 1.59 bits per heavy atom. The number of carbonyl (C=O) groups is 1. The van der Waals surface area contributed by atoms with Gasteiger partial charge >= 0.3 is 0 Å². The summed E-state index contributed by atoms with van der Waals surface area (Å²) in [6, 6.07) is 16.3. The quantitative estimate of drug-likeness (QED) is 0.764. The van der Waals surface area contributed by atoms with E-state index in [9.17, 15) is 13.2 Å². The van der Waals surface area contributed by atoms with Crippen LogP contribution in [0.4, 0.5) is 5.69 Å². The normalized spacial score (nSPS) is 15.4. The Labute approximate surface area is 161 Å². The van der Waals surface area contributed by atoms with Gasteiger partial charge in [0.1, 0.15) is 0 Å². The van der Waals surface area contributed by atoms with Crippen molar-refractivity contribution in [2.45, 2.75) is 37.5 Å². The van der Waals surface area contributed by atoms with Gasteiger partial charge in [0.25, 0.3) is 0 Å². The molecule has 0 unspecified atom stereocenters. The third kappa shape index (κ3) is 4.57. The third-order valence-electron chi connectivity index (χ3n) is 4.92. The Hall–Kier alpha value is -2.18. The Bertz CT molecular complexity index is 858. The van der Waals surface area contributed by atoms with Crippen molar-refractivity contribution in [1.29, 1.82) is 0 Å². The molecule has 1 amide bonds. The highest BCUT2D eigenvalue weighted by atomic mass is 32.2. The van der Waals surface area contributed by atoms with Crippen LogP contribution in [-0.2, 0) is 21.2 Å². The fourth-order valence-corrected chi connectivity index (χ4v) is 4.93. The Morgan fingerprint density at radius 3 is 2.19 bits per heavy atom. The molecular weight excluding hydrogens is 360 g/mol. The summed E-state index contributed by atoms with van der Waals surface area (Å²) < 4.78 is 27.0. The number of anilines is 1. The number of sulfonamides is 1. The smallest absolute Gasteiger partial charge is 0.243 e. The minimum Gasteiger partial charge on any atom is -0.312 e. The topological polar surface area (TPSA) is 57.7 Å². The predicted molar refractivity (Wildman–Crippen MR) is 107 cm³/mol. The molecule has 1 fully saturated rings. The molecule has 1 aliphatic heterocycles. The van der Waals surface area contributed by atoms with Crippen LogP contribution in [0.5, 0.6) is 0 Å². The molecule has 6 heteroatoms. The van der Waals surface area contributed by atoms with Gasteiger partial charge in [0.2, 0.25) is 15.9 Å². The average molecular weight is 387 g/mol. The van der Waals surface area contributed by atoms with E-state index < -0.39 is 10.0 Å². The van der Waals surface area contributed by atoms with E-state index in [4.69, 9.17) is 0 Å². The number of benzene rings is 2. The first kappa shape index (κ1) is 19.6. The molecule has 0 radical (unpaired) electrons. The largest absolute Gasteiger partial charge is 0.312 e. The number of likely N-dealkylation sites (N-methyl/N-ethyl adjacent to an activating group) is 1. The molecule has 144 valence electrons. The standard InChI is InChI=1S/C21H26N2O3S/c1-2-23(19-9-5-3-6-10-19)21(24)17-18-11-13-20(14-12-18)27(25,26)22-15-7-4-8-16-22/h3,5-6,9-14H,2,4,7-8,15-17H2,1H3. The number of piperidine rings is 1. The number of para-hydroxylation sites is 1. The molecule has 0 saturated carbocycles. The van der Waals surface area contributed by atoms with Gasteiger partial charge in [-0.2, -0.15) is 4.31 Å². The lowest BCUT2D eigenvalue weighted by atomic mass is 10.1. The number of hydrogen-bond acceptors (Lipinski definition) is 3. The highest BCUT2D eigenvalue weighted by molar-refractivity contribution is 7.89. The Morgan fingerprint density at radius 1 is 0.963 bits per heavy atom. The highest BCUT2D eigenvalue weighted by Gasteiger charge is 2.25. The molecule has 0 aromatic heterocycles. The fourth-order valence-electron chi connectivity index (χ4n) is 3.41. The van der Waals surface area contributed by atoms with E-state index in [1.54, 1.807) is 33.5 Å². The number of nitrogens with zero attached hydrogens (tertiary/aromatic N) is 2. The summed E-state index contributed by atoms with van der Waals surface area (Å²) in [4.78, 5) is 14.7. The first-order valence-corrected chi connectivity index (χ1v) is 10.9. The van der Waals surface area contributed by atoms with Crippen molar-refractivity contribution < 1.29 is 13.2 Å². The minimum absolute atomic E-state index is 0.00432. The maximum atomic E-state index is 12.7. The van der Waals surface area contributed by atoms with Crippen LogP contribution in [0.15, 0.2) is 59.5 Å². The first-order valence-electron chi connectivity index (χ1n) is 9.47. The van der Waals surface area contributed by atoms with Gasteiger partial charge in [0, 0.05) is 25.3 Å². The van der Waals surface area contributed by atoms with Gasteiger partial charge in [-0.25, -0.2) is 8.42 Å². The van der Waals surface area contributed by atoms with Crippen molar-refractivity contribution in [1.82, 2.24) is 4.31 Å². The third-order valence-corrected chi connectivity index (χ3v) is 6.83. The second-order valence-corrected chi connectivity index (χ2v) is 8.70. The van der Waals surface area contributed by atoms with Crippen LogP contribution in [0, 0.1) is 0 Å². The second-order valence-electron chi connectivity index (χ2n) is 6.76. The molecule has 0 bridgehead atoms. The van der Waals surface area contributed by atoms with Crippen molar-refractivity contribution >= 4 is 21.6 Å². The van der Waals surface area contributed by atoms with Crippen molar-refractivity contribution in [3.8, 4) is 0 Å². The van der Waals surface area contributed by atoms with Gasteiger partial charge in [-0.1, -0.05) is 36.8 Å². The van der Waals surface area contributed by atoms with Gasteiger partial charge in [-0.15, -0.1) is 0 Å². The van der Waals surface area contributed by atoms with E-state index in [1.165, 1.54) is 0 Å². The summed E-state index contributed by atoms with van der Waals surface area (Å²) in [7, 11) is -3.43. The number of rotatable bonds is 6. The molecule has 1 aliphatic rings. The van der Waals surface area contributed by atoms with E-state index in [0.29, 0.717) is 24.5 Å². The van der Waals surface area contributed by atoms with Crippen LogP contribution in [0.25, 0.3) is 0 Å². The number of hydrogen-bond donors (Lipinski definition) is 0. The summed E-state index contributed by atoms with van der Waals surface area (Å²) >= 11 is 0. The zero-order valence-electron chi connectivity index (χ0n) is 15.7. The molecule has 2 aromatic carbocycles.